The quantitative estimate of drug-likeness (QED) is 0.675. The second kappa shape index (κ2) is 8.21. The maximum absolute atomic E-state index is 10.6. The Morgan fingerprint density at radius 2 is 2.00 bits per heavy atom. The molecule has 0 aliphatic heterocycles. The highest BCUT2D eigenvalue weighted by molar-refractivity contribution is 5.75. The summed E-state index contributed by atoms with van der Waals surface area (Å²) in [5.74, 6) is 0.917. The van der Waals surface area contributed by atoms with E-state index < -0.39 is 6.10 Å². The molecule has 5 nitrogen and oxygen atoms in total. The van der Waals surface area contributed by atoms with E-state index in [9.17, 15) is 5.11 Å². The number of nitrogens with zero attached hydrogens (tertiary/aromatic N) is 2. The summed E-state index contributed by atoms with van der Waals surface area (Å²) >= 11 is 0. The molecule has 4 rings (SSSR count). The lowest BCUT2D eigenvalue weighted by Gasteiger charge is -2.26. The van der Waals surface area contributed by atoms with Gasteiger partial charge in [0.1, 0.15) is 5.82 Å². The van der Waals surface area contributed by atoms with Gasteiger partial charge in [0, 0.05) is 6.42 Å². The number of hydrogen-bond donors (Lipinski definition) is 2. The van der Waals surface area contributed by atoms with Crippen LogP contribution < -0.4 is 5.73 Å². The molecule has 1 aliphatic rings. The summed E-state index contributed by atoms with van der Waals surface area (Å²) in [5, 5.41) is 10.6. The van der Waals surface area contributed by atoms with E-state index in [1.54, 1.807) is 0 Å². The fourth-order valence-electron chi connectivity index (χ4n) is 4.02. The van der Waals surface area contributed by atoms with E-state index in [1.165, 1.54) is 11.1 Å². The molecular weight excluding hydrogens is 338 g/mol. The van der Waals surface area contributed by atoms with Crippen molar-refractivity contribution in [2.24, 2.45) is 5.73 Å². The van der Waals surface area contributed by atoms with Crippen molar-refractivity contribution >= 4 is 11.0 Å². The number of rotatable bonds is 7. The second-order valence-electron chi connectivity index (χ2n) is 7.23. The van der Waals surface area contributed by atoms with Crippen molar-refractivity contribution in [3.05, 3.63) is 65.5 Å². The Balaban J connectivity index is 1.45. The van der Waals surface area contributed by atoms with E-state index in [4.69, 9.17) is 10.5 Å². The Hall–Kier alpha value is -2.21. The van der Waals surface area contributed by atoms with Crippen LogP contribution in [0.5, 0.6) is 0 Å². The smallest absolute Gasteiger partial charge is 0.111 e. The first kappa shape index (κ1) is 18.2. The van der Waals surface area contributed by atoms with Gasteiger partial charge >= 0.3 is 0 Å². The largest absolute Gasteiger partial charge is 0.389 e. The van der Waals surface area contributed by atoms with Crippen molar-refractivity contribution < 1.29 is 9.84 Å². The van der Waals surface area contributed by atoms with Gasteiger partial charge in [-0.2, -0.15) is 0 Å². The number of imidazole rings is 1. The molecule has 0 radical (unpaired) electrons. The molecule has 0 spiro atoms. The third kappa shape index (κ3) is 3.90. The standard InChI is InChI=1S/C22H27N3O2/c23-13-12-22-24-19-9-3-4-10-20(19)25(22)14-17(26)15-27-21-11-5-7-16-6-1-2-8-18(16)21/h1-4,6,8-10,17,21,26H,5,7,11-15,23H2/t17-,21+/m1/s1. The van der Waals surface area contributed by atoms with Gasteiger partial charge in [0.05, 0.1) is 36.4 Å². The van der Waals surface area contributed by atoms with Crippen LogP contribution >= 0.6 is 0 Å². The van der Waals surface area contributed by atoms with Crippen molar-refractivity contribution in [1.82, 2.24) is 9.55 Å². The van der Waals surface area contributed by atoms with Crippen LogP contribution in [0.25, 0.3) is 11.0 Å². The van der Waals surface area contributed by atoms with Crippen LogP contribution in [0.15, 0.2) is 48.5 Å². The fourth-order valence-corrected chi connectivity index (χ4v) is 4.02. The average molecular weight is 365 g/mol. The number of aliphatic hydroxyl groups excluding tert-OH is 1. The van der Waals surface area contributed by atoms with Gasteiger partial charge < -0.3 is 20.1 Å². The van der Waals surface area contributed by atoms with Crippen molar-refractivity contribution in [2.45, 2.75) is 44.4 Å². The third-order valence-corrected chi connectivity index (χ3v) is 5.30. The van der Waals surface area contributed by atoms with Crippen LogP contribution in [0.3, 0.4) is 0 Å². The first-order valence-electron chi connectivity index (χ1n) is 9.78. The maximum atomic E-state index is 10.6. The molecular formula is C22H27N3O2. The van der Waals surface area contributed by atoms with Gasteiger partial charge in [0.2, 0.25) is 0 Å². The molecule has 3 N–H and O–H groups in total. The van der Waals surface area contributed by atoms with E-state index in [1.807, 2.05) is 24.3 Å². The van der Waals surface area contributed by atoms with E-state index >= 15 is 0 Å². The molecule has 1 heterocycles. The molecule has 2 aromatic carbocycles. The predicted molar refractivity (Wildman–Crippen MR) is 107 cm³/mol. The summed E-state index contributed by atoms with van der Waals surface area (Å²) in [4.78, 5) is 4.67. The maximum Gasteiger partial charge on any atom is 0.111 e. The first-order chi connectivity index (χ1) is 13.3. The number of hydrogen-bond acceptors (Lipinski definition) is 4. The number of ether oxygens (including phenoxy) is 1. The van der Waals surface area contributed by atoms with E-state index in [0.29, 0.717) is 26.1 Å². The summed E-state index contributed by atoms with van der Waals surface area (Å²) in [7, 11) is 0. The summed E-state index contributed by atoms with van der Waals surface area (Å²) in [6.45, 7) is 1.31. The van der Waals surface area contributed by atoms with Crippen LogP contribution in [0.1, 0.15) is 35.9 Å². The number of aliphatic hydroxyl groups is 1. The van der Waals surface area contributed by atoms with Gasteiger partial charge in [-0.1, -0.05) is 36.4 Å². The summed E-state index contributed by atoms with van der Waals surface area (Å²) in [6, 6.07) is 16.5. The zero-order valence-corrected chi connectivity index (χ0v) is 15.6. The molecule has 0 fully saturated rings. The lowest BCUT2D eigenvalue weighted by atomic mass is 9.89. The average Bonchev–Trinajstić information content (AvgIpc) is 3.04. The predicted octanol–water partition coefficient (Wildman–Crippen LogP) is 2.99. The first-order valence-corrected chi connectivity index (χ1v) is 9.78. The second-order valence-corrected chi connectivity index (χ2v) is 7.23. The molecule has 1 aliphatic carbocycles. The zero-order valence-electron chi connectivity index (χ0n) is 15.6. The SMILES string of the molecule is NCCc1nc2ccccc2n1C[C@@H](O)CO[C@H]1CCCc2ccccc21. The Labute approximate surface area is 159 Å². The number of para-hydroxylation sites is 2. The Morgan fingerprint density at radius 3 is 2.89 bits per heavy atom. The number of benzene rings is 2. The van der Waals surface area contributed by atoms with Crippen molar-refractivity contribution in [3.63, 3.8) is 0 Å². The topological polar surface area (TPSA) is 73.3 Å². The highest BCUT2D eigenvalue weighted by Gasteiger charge is 2.22. The summed E-state index contributed by atoms with van der Waals surface area (Å²) in [6.07, 6.45) is 3.43. The molecule has 2 atom stereocenters. The molecule has 1 aromatic heterocycles. The van der Waals surface area contributed by atoms with Gasteiger partial charge in [-0.25, -0.2) is 4.98 Å². The lowest BCUT2D eigenvalue weighted by Crippen LogP contribution is -2.25. The van der Waals surface area contributed by atoms with Gasteiger partial charge in [0.15, 0.2) is 0 Å². The Morgan fingerprint density at radius 1 is 1.19 bits per heavy atom. The number of nitrogens with two attached hydrogens (primary N) is 1. The molecule has 0 bridgehead atoms. The highest BCUT2D eigenvalue weighted by Crippen LogP contribution is 2.32. The molecule has 0 amide bonds. The minimum Gasteiger partial charge on any atom is -0.389 e. The summed E-state index contributed by atoms with van der Waals surface area (Å²) < 4.78 is 8.20. The van der Waals surface area contributed by atoms with Crippen molar-refractivity contribution in [2.75, 3.05) is 13.2 Å². The van der Waals surface area contributed by atoms with E-state index in [-0.39, 0.29) is 6.10 Å². The van der Waals surface area contributed by atoms with Gasteiger partial charge in [-0.3, -0.25) is 0 Å². The van der Waals surface area contributed by atoms with E-state index in [0.717, 1.165) is 36.1 Å². The van der Waals surface area contributed by atoms with Gasteiger partial charge in [-0.05, 0) is 49.1 Å². The number of aromatic nitrogens is 2. The summed E-state index contributed by atoms with van der Waals surface area (Å²) in [5.41, 5.74) is 10.4. The molecule has 142 valence electrons. The lowest BCUT2D eigenvalue weighted by molar-refractivity contribution is -0.0224. The van der Waals surface area contributed by atoms with E-state index in [2.05, 4.69) is 33.8 Å². The van der Waals surface area contributed by atoms with Crippen molar-refractivity contribution in [3.8, 4) is 0 Å². The van der Waals surface area contributed by atoms with Gasteiger partial charge in [0.25, 0.3) is 0 Å². The molecule has 0 saturated heterocycles. The third-order valence-electron chi connectivity index (χ3n) is 5.30. The van der Waals surface area contributed by atoms with Crippen LogP contribution in [0.2, 0.25) is 0 Å². The van der Waals surface area contributed by atoms with Crippen LogP contribution in [0, 0.1) is 0 Å². The number of aryl methyl sites for hydroxylation is 1. The van der Waals surface area contributed by atoms with Crippen LogP contribution in [0.4, 0.5) is 0 Å². The Bertz CT molecular complexity index is 905. The molecule has 0 unspecified atom stereocenters. The molecule has 5 heteroatoms. The van der Waals surface area contributed by atoms with Crippen LogP contribution in [-0.4, -0.2) is 33.9 Å². The minimum atomic E-state index is -0.590. The number of fused-ring (bicyclic) bond motifs is 2. The monoisotopic (exact) mass is 365 g/mol. The van der Waals surface area contributed by atoms with Crippen LogP contribution in [-0.2, 0) is 24.1 Å². The molecule has 0 saturated carbocycles. The molecule has 27 heavy (non-hydrogen) atoms. The highest BCUT2D eigenvalue weighted by atomic mass is 16.5. The Kier molecular flexibility index (Phi) is 5.53. The zero-order chi connectivity index (χ0) is 18.6. The normalized spacial score (nSPS) is 17.8. The van der Waals surface area contributed by atoms with Crippen molar-refractivity contribution in [1.29, 1.82) is 0 Å². The molecule has 3 aromatic rings. The fraction of sp³-hybridized carbons (Fsp3) is 0.409. The minimum absolute atomic E-state index is 0.0765. The van der Waals surface area contributed by atoms with Gasteiger partial charge in [-0.15, -0.1) is 0 Å².